The van der Waals surface area contributed by atoms with Gasteiger partial charge in [0.2, 0.25) is 11.7 Å². The van der Waals surface area contributed by atoms with E-state index < -0.39 is 47.5 Å². The number of benzene rings is 1. The van der Waals surface area contributed by atoms with Crippen LogP contribution in [0.15, 0.2) is 45.9 Å². The molecule has 0 unspecified atom stereocenters. The summed E-state index contributed by atoms with van der Waals surface area (Å²) in [5.41, 5.74) is -0.513. The number of anilines is 2. The lowest BCUT2D eigenvalue weighted by Gasteiger charge is -2.41. The number of furan rings is 1. The summed E-state index contributed by atoms with van der Waals surface area (Å²) in [5, 5.41) is 18.2. The largest absolute Gasteiger partial charge is 0.505 e. The number of hydrogen-bond acceptors (Lipinski definition) is 10. The summed E-state index contributed by atoms with van der Waals surface area (Å²) in [5.74, 6) is -2.72. The molecule has 53 heavy (non-hydrogen) atoms. The Morgan fingerprint density at radius 3 is 2.68 bits per heavy atom. The summed E-state index contributed by atoms with van der Waals surface area (Å²) in [6.45, 7) is 5.75. The molecule has 278 valence electrons. The summed E-state index contributed by atoms with van der Waals surface area (Å²) in [7, 11) is 0. The second-order valence-electron chi connectivity index (χ2n) is 12.9. The highest BCUT2D eigenvalue weighted by Gasteiger charge is 2.36. The molecular weight excluding hydrogens is 704 g/mol. The van der Waals surface area contributed by atoms with Gasteiger partial charge in [0.15, 0.2) is 22.9 Å². The SMILES string of the molecule is CCc1c(N2CCN(C(=O)c3ncc4occc4c3O)[C@H](C)C2)c(=O)n2nc(C3=CCOCC3)nc2n1CC(=O)Nc1cc(F)c(C(F)(F)F)cc1C. The van der Waals surface area contributed by atoms with E-state index >= 15 is 0 Å². The van der Waals surface area contributed by atoms with Crippen LogP contribution in [0.1, 0.15) is 53.4 Å². The number of nitrogens with zero attached hydrogens (tertiary/aromatic N) is 7. The fourth-order valence-corrected chi connectivity index (χ4v) is 6.85. The van der Waals surface area contributed by atoms with Crippen LogP contribution >= 0.6 is 0 Å². The van der Waals surface area contributed by atoms with Crippen molar-refractivity contribution in [2.45, 2.75) is 52.4 Å². The van der Waals surface area contributed by atoms with Crippen LogP contribution in [0.4, 0.5) is 28.9 Å². The van der Waals surface area contributed by atoms with Gasteiger partial charge < -0.3 is 33.9 Å². The molecule has 0 aliphatic carbocycles. The molecule has 1 aromatic carbocycles. The molecule has 2 aliphatic rings. The van der Waals surface area contributed by atoms with Gasteiger partial charge in [0.1, 0.15) is 18.0 Å². The maximum Gasteiger partial charge on any atom is 0.419 e. The van der Waals surface area contributed by atoms with E-state index in [2.05, 4.69) is 20.4 Å². The number of carbonyl (C=O) groups excluding carboxylic acids is 2. The van der Waals surface area contributed by atoms with Crippen molar-refractivity contribution in [1.29, 1.82) is 0 Å². The first kappa shape index (κ1) is 35.6. The fourth-order valence-electron chi connectivity index (χ4n) is 6.85. The summed E-state index contributed by atoms with van der Waals surface area (Å²) in [6, 6.07) is 2.32. The number of nitrogens with one attached hydrogen (secondary N) is 1. The smallest absolute Gasteiger partial charge is 0.419 e. The number of ether oxygens (including phenoxy) is 1. The number of amides is 2. The first-order valence-corrected chi connectivity index (χ1v) is 16.8. The third-order valence-corrected chi connectivity index (χ3v) is 9.50. The van der Waals surface area contributed by atoms with Crippen LogP contribution in [0.5, 0.6) is 5.75 Å². The molecule has 0 spiro atoms. The van der Waals surface area contributed by atoms with Crippen LogP contribution in [-0.4, -0.2) is 84.9 Å². The van der Waals surface area contributed by atoms with Crippen LogP contribution in [0.25, 0.3) is 22.3 Å². The molecule has 1 fully saturated rings. The minimum absolute atomic E-state index is 0.000591. The average molecular weight is 739 g/mol. The predicted molar refractivity (Wildman–Crippen MR) is 183 cm³/mol. The lowest BCUT2D eigenvalue weighted by molar-refractivity contribution is -0.140. The van der Waals surface area contributed by atoms with Crippen LogP contribution in [0, 0.1) is 12.7 Å². The average Bonchev–Trinajstić information content (AvgIpc) is 3.80. The van der Waals surface area contributed by atoms with E-state index in [0.29, 0.717) is 48.4 Å². The quantitative estimate of drug-likeness (QED) is 0.227. The Hall–Kier alpha value is -5.78. The Bertz CT molecular complexity index is 2360. The summed E-state index contributed by atoms with van der Waals surface area (Å²) >= 11 is 0. The molecule has 7 rings (SSSR count). The minimum Gasteiger partial charge on any atom is -0.505 e. The molecule has 0 radical (unpaired) electrons. The van der Waals surface area contributed by atoms with E-state index in [1.54, 1.807) is 29.7 Å². The number of aromatic hydroxyl groups is 1. The first-order chi connectivity index (χ1) is 25.3. The Labute approximate surface area is 298 Å². The van der Waals surface area contributed by atoms with E-state index in [1.165, 1.54) is 30.0 Å². The van der Waals surface area contributed by atoms with E-state index in [4.69, 9.17) is 9.15 Å². The lowest BCUT2D eigenvalue weighted by atomic mass is 10.1. The van der Waals surface area contributed by atoms with E-state index in [-0.39, 0.29) is 66.0 Å². The molecule has 0 saturated carbocycles. The number of pyridine rings is 1. The minimum atomic E-state index is -4.92. The van der Waals surface area contributed by atoms with Crippen molar-refractivity contribution in [3.8, 4) is 5.75 Å². The van der Waals surface area contributed by atoms with Crippen LogP contribution in [-0.2, 0) is 28.7 Å². The van der Waals surface area contributed by atoms with Gasteiger partial charge in [-0.05, 0) is 56.0 Å². The molecule has 2 aliphatic heterocycles. The third kappa shape index (κ3) is 6.47. The predicted octanol–water partition coefficient (Wildman–Crippen LogP) is 4.56. The van der Waals surface area contributed by atoms with Gasteiger partial charge in [-0.1, -0.05) is 13.0 Å². The molecule has 1 atom stereocenters. The molecular formula is C35H34F4N8O6. The number of alkyl halides is 3. The number of piperazine rings is 1. The summed E-state index contributed by atoms with van der Waals surface area (Å²) in [6.07, 6.45) is 0.371. The number of carbonyl (C=O) groups is 2. The highest BCUT2D eigenvalue weighted by Crippen LogP contribution is 2.35. The van der Waals surface area contributed by atoms with Crippen molar-refractivity contribution < 1.29 is 41.4 Å². The van der Waals surface area contributed by atoms with Gasteiger partial charge in [0.05, 0.1) is 42.3 Å². The summed E-state index contributed by atoms with van der Waals surface area (Å²) < 4.78 is 67.7. The van der Waals surface area contributed by atoms with Crippen molar-refractivity contribution in [2.24, 2.45) is 0 Å². The topological polar surface area (TPSA) is 160 Å². The van der Waals surface area contributed by atoms with Gasteiger partial charge in [0.25, 0.3) is 11.5 Å². The number of fused-ring (bicyclic) bond motifs is 2. The Morgan fingerprint density at radius 2 is 1.98 bits per heavy atom. The molecule has 18 heteroatoms. The van der Waals surface area contributed by atoms with Gasteiger partial charge in [0, 0.05) is 31.4 Å². The molecule has 5 aromatic rings. The van der Waals surface area contributed by atoms with Crippen LogP contribution < -0.4 is 15.8 Å². The number of aromatic nitrogens is 5. The zero-order valence-corrected chi connectivity index (χ0v) is 28.8. The Balaban J connectivity index is 1.24. The molecule has 6 heterocycles. The van der Waals surface area contributed by atoms with Gasteiger partial charge in [-0.25, -0.2) is 9.37 Å². The highest BCUT2D eigenvalue weighted by molar-refractivity contribution is 6.00. The van der Waals surface area contributed by atoms with E-state index in [0.717, 1.165) is 10.1 Å². The monoisotopic (exact) mass is 738 g/mol. The van der Waals surface area contributed by atoms with E-state index in [1.807, 2.05) is 0 Å². The zero-order valence-electron chi connectivity index (χ0n) is 28.8. The van der Waals surface area contributed by atoms with Crippen LogP contribution in [0.2, 0.25) is 0 Å². The fraction of sp³-hybridized carbons (Fsp3) is 0.371. The normalized spacial score (nSPS) is 16.7. The van der Waals surface area contributed by atoms with Gasteiger partial charge in [-0.15, -0.1) is 5.10 Å². The molecule has 2 N–H and O–H groups in total. The Kier molecular flexibility index (Phi) is 9.17. The molecule has 4 aromatic heterocycles. The third-order valence-electron chi connectivity index (χ3n) is 9.50. The van der Waals surface area contributed by atoms with Gasteiger partial charge >= 0.3 is 6.18 Å². The summed E-state index contributed by atoms with van der Waals surface area (Å²) in [4.78, 5) is 53.7. The first-order valence-electron chi connectivity index (χ1n) is 16.8. The second kappa shape index (κ2) is 13.6. The number of halogens is 4. The van der Waals surface area contributed by atoms with Crippen molar-refractivity contribution in [2.75, 3.05) is 43.1 Å². The highest BCUT2D eigenvalue weighted by atomic mass is 19.4. The van der Waals surface area contributed by atoms with Crippen molar-refractivity contribution in [3.63, 3.8) is 0 Å². The van der Waals surface area contributed by atoms with Gasteiger partial charge in [-0.3, -0.25) is 14.4 Å². The maximum absolute atomic E-state index is 14.5. The Morgan fingerprint density at radius 1 is 1.19 bits per heavy atom. The number of hydrogen-bond donors (Lipinski definition) is 2. The van der Waals surface area contributed by atoms with E-state index in [9.17, 15) is 37.1 Å². The number of aryl methyl sites for hydroxylation is 1. The molecule has 14 nitrogen and oxygen atoms in total. The van der Waals surface area contributed by atoms with Crippen molar-refractivity contribution in [1.82, 2.24) is 29.0 Å². The van der Waals surface area contributed by atoms with Crippen molar-refractivity contribution >= 4 is 45.5 Å². The zero-order chi connectivity index (χ0) is 37.8. The standard InChI is InChI=1S/C35H34F4N8O6/c1-4-25-29(44-8-9-45(19(3)16-44)32(50)28-30(49)21-7-12-53-26(21)15-40-28)33(51)47-34(42-31(43-47)20-5-10-52-11-6-20)46(25)17-27(48)41-24-14-23(36)22(13-18(24)2)35(37,38)39/h5,7,12-15,19,49H,4,6,8-11,16-17H2,1-3H3,(H,41,48)/t19-/m1/s1. The lowest BCUT2D eigenvalue weighted by Crippen LogP contribution is -2.55. The van der Waals surface area contributed by atoms with Crippen molar-refractivity contribution in [3.05, 3.63) is 81.2 Å². The van der Waals surface area contributed by atoms with Gasteiger partial charge in [-0.2, -0.15) is 22.7 Å². The maximum atomic E-state index is 14.5. The number of rotatable bonds is 7. The molecule has 0 bridgehead atoms. The second-order valence-corrected chi connectivity index (χ2v) is 12.9. The molecule has 2 amide bonds. The van der Waals surface area contributed by atoms with Crippen LogP contribution in [0.3, 0.4) is 0 Å². The molecule has 1 saturated heterocycles.